The van der Waals surface area contributed by atoms with E-state index in [0.717, 1.165) is 18.7 Å². The number of hydrogen-bond acceptors (Lipinski definition) is 5. The number of carbonyl (C=O) groups is 1. The number of benzene rings is 1. The average Bonchev–Trinajstić information content (AvgIpc) is 3.27. The number of rotatable bonds is 5. The Hall–Kier alpha value is -2.25. The molecule has 1 N–H and O–H groups in total. The van der Waals surface area contributed by atoms with Crippen LogP contribution in [0.1, 0.15) is 16.8 Å². The monoisotopic (exact) mass is 328 g/mol. The minimum absolute atomic E-state index is 0.0873. The Morgan fingerprint density at radius 3 is 2.96 bits per heavy atom. The van der Waals surface area contributed by atoms with Crippen molar-refractivity contribution in [3.05, 3.63) is 42.5 Å². The number of nitrogens with zero attached hydrogens (tertiary/aromatic N) is 3. The number of aromatic nitrogens is 3. The van der Waals surface area contributed by atoms with Gasteiger partial charge in [-0.25, -0.2) is 0 Å². The molecule has 1 saturated heterocycles. The molecule has 2 aliphatic rings. The summed E-state index contributed by atoms with van der Waals surface area (Å²) in [5, 5.41) is 10.8. The van der Waals surface area contributed by atoms with Crippen LogP contribution in [0.2, 0.25) is 0 Å². The van der Waals surface area contributed by atoms with E-state index in [1.807, 2.05) is 24.3 Å². The van der Waals surface area contributed by atoms with E-state index in [2.05, 4.69) is 15.5 Å². The molecule has 1 aromatic carbocycles. The van der Waals surface area contributed by atoms with Crippen LogP contribution in [0, 0.1) is 11.8 Å². The molecule has 0 radical (unpaired) electrons. The smallest absolute Gasteiger partial charge is 0.253 e. The first-order valence-corrected chi connectivity index (χ1v) is 8.15. The third-order valence-corrected chi connectivity index (χ3v) is 5.03. The average molecular weight is 328 g/mol. The van der Waals surface area contributed by atoms with Gasteiger partial charge in [-0.05, 0) is 18.6 Å². The van der Waals surface area contributed by atoms with Crippen LogP contribution in [-0.4, -0.2) is 53.1 Å². The minimum atomic E-state index is -0.0873. The maximum Gasteiger partial charge on any atom is 0.253 e. The van der Waals surface area contributed by atoms with Crippen molar-refractivity contribution in [3.63, 3.8) is 0 Å². The van der Waals surface area contributed by atoms with Crippen LogP contribution in [0.4, 0.5) is 0 Å². The fourth-order valence-corrected chi connectivity index (χ4v) is 3.88. The lowest BCUT2D eigenvalue weighted by Crippen LogP contribution is -2.62. The third kappa shape index (κ3) is 2.50. The molecule has 1 aliphatic carbocycles. The maximum atomic E-state index is 12.9. The molecule has 1 aromatic heterocycles. The summed E-state index contributed by atoms with van der Waals surface area (Å²) in [6.45, 7) is 1.36. The van der Waals surface area contributed by atoms with Crippen molar-refractivity contribution in [2.75, 3.05) is 20.3 Å². The van der Waals surface area contributed by atoms with E-state index in [-0.39, 0.29) is 24.0 Å². The molecule has 126 valence electrons. The van der Waals surface area contributed by atoms with Gasteiger partial charge >= 0.3 is 0 Å². The van der Waals surface area contributed by atoms with Crippen molar-refractivity contribution in [3.8, 4) is 5.69 Å². The Bertz CT molecular complexity index is 718. The molecule has 2 aromatic rings. The van der Waals surface area contributed by atoms with Crippen LogP contribution >= 0.6 is 0 Å². The van der Waals surface area contributed by atoms with Gasteiger partial charge in [0.1, 0.15) is 12.7 Å². The lowest BCUT2D eigenvalue weighted by atomic mass is 9.67. The second-order valence-corrected chi connectivity index (χ2v) is 6.29. The van der Waals surface area contributed by atoms with Gasteiger partial charge in [0.2, 0.25) is 0 Å². The molecule has 2 heterocycles. The molecule has 1 aliphatic heterocycles. The lowest BCUT2D eigenvalue weighted by molar-refractivity contribution is -0.0809. The molecule has 7 heteroatoms. The molecule has 0 spiro atoms. The Morgan fingerprint density at radius 2 is 2.17 bits per heavy atom. The molecule has 24 heavy (non-hydrogen) atoms. The van der Waals surface area contributed by atoms with Crippen LogP contribution < -0.4 is 5.32 Å². The highest BCUT2D eigenvalue weighted by molar-refractivity contribution is 5.98. The second-order valence-electron chi connectivity index (χ2n) is 6.29. The predicted octanol–water partition coefficient (Wildman–Crippen LogP) is 1.05. The normalized spacial score (nSPS) is 28.2. The van der Waals surface area contributed by atoms with E-state index in [1.54, 1.807) is 24.3 Å². The first-order chi connectivity index (χ1) is 11.8. The van der Waals surface area contributed by atoms with E-state index in [9.17, 15) is 4.79 Å². The predicted molar refractivity (Wildman–Crippen MR) is 85.8 cm³/mol. The van der Waals surface area contributed by atoms with Crippen molar-refractivity contribution >= 4 is 5.91 Å². The number of hydrogen-bond donors (Lipinski definition) is 1. The number of ether oxygens (including phenoxy) is 2. The fraction of sp³-hybridized carbons (Fsp3) is 0.471. The highest BCUT2D eigenvalue weighted by atomic mass is 16.5. The maximum absolute atomic E-state index is 12.9. The Kier molecular flexibility index (Phi) is 4.03. The summed E-state index contributed by atoms with van der Waals surface area (Å²) in [6.07, 6.45) is 4.38. The molecule has 4 atom stereocenters. The first kappa shape index (κ1) is 15.3. The van der Waals surface area contributed by atoms with Gasteiger partial charge in [0.25, 0.3) is 5.91 Å². The molecule has 7 nitrogen and oxygen atoms in total. The summed E-state index contributed by atoms with van der Waals surface area (Å²) < 4.78 is 12.8. The van der Waals surface area contributed by atoms with Crippen molar-refractivity contribution in [1.29, 1.82) is 0 Å². The van der Waals surface area contributed by atoms with Gasteiger partial charge in [-0.1, -0.05) is 12.1 Å². The standard InChI is InChI=1S/C17H20N4O3/c1-23-8-13-15(12-6-7-24-16(12)13)20-17(22)11-4-2-3-5-14(11)21-9-18-19-10-21/h2-5,9-10,12-13,15-16H,6-8H2,1H3,(H,20,22)/t12-,13+,15+,16-/m0/s1. The fourth-order valence-electron chi connectivity index (χ4n) is 3.88. The van der Waals surface area contributed by atoms with Gasteiger partial charge in [0.05, 0.1) is 24.0 Å². The van der Waals surface area contributed by atoms with E-state index in [4.69, 9.17) is 9.47 Å². The third-order valence-electron chi connectivity index (χ3n) is 5.03. The summed E-state index contributed by atoms with van der Waals surface area (Å²) >= 11 is 0. The zero-order valence-corrected chi connectivity index (χ0v) is 13.5. The summed E-state index contributed by atoms with van der Waals surface area (Å²) in [5.74, 6) is 0.514. The van der Waals surface area contributed by atoms with E-state index >= 15 is 0 Å². The van der Waals surface area contributed by atoms with Gasteiger partial charge in [0, 0.05) is 31.6 Å². The molecule has 1 amide bonds. The Morgan fingerprint density at radius 1 is 1.38 bits per heavy atom. The summed E-state index contributed by atoms with van der Waals surface area (Å²) in [6, 6.07) is 7.55. The highest BCUT2D eigenvalue weighted by Crippen LogP contribution is 2.43. The van der Waals surface area contributed by atoms with E-state index < -0.39 is 0 Å². The summed E-state index contributed by atoms with van der Waals surface area (Å²) in [7, 11) is 1.68. The molecule has 1 saturated carbocycles. The minimum Gasteiger partial charge on any atom is -0.384 e. The van der Waals surface area contributed by atoms with E-state index in [0.29, 0.717) is 18.1 Å². The number of nitrogens with one attached hydrogen (secondary N) is 1. The number of methoxy groups -OCH3 is 1. The second kappa shape index (κ2) is 6.33. The topological polar surface area (TPSA) is 78.3 Å². The largest absolute Gasteiger partial charge is 0.384 e. The van der Waals surface area contributed by atoms with Crippen LogP contribution in [0.15, 0.2) is 36.9 Å². The van der Waals surface area contributed by atoms with Crippen molar-refractivity contribution in [1.82, 2.24) is 20.1 Å². The molecular formula is C17H20N4O3. The van der Waals surface area contributed by atoms with Gasteiger partial charge in [-0.2, -0.15) is 0 Å². The van der Waals surface area contributed by atoms with Crippen LogP contribution in [0.3, 0.4) is 0 Å². The highest BCUT2D eigenvalue weighted by Gasteiger charge is 2.54. The number of fused-ring (bicyclic) bond motifs is 1. The van der Waals surface area contributed by atoms with Crippen molar-refractivity contribution < 1.29 is 14.3 Å². The zero-order valence-electron chi connectivity index (χ0n) is 13.5. The Labute approximate surface area is 140 Å². The number of para-hydroxylation sites is 1. The lowest BCUT2D eigenvalue weighted by Gasteiger charge is -2.47. The first-order valence-electron chi connectivity index (χ1n) is 8.15. The molecular weight excluding hydrogens is 308 g/mol. The van der Waals surface area contributed by atoms with Crippen molar-refractivity contribution in [2.45, 2.75) is 18.6 Å². The van der Waals surface area contributed by atoms with Crippen molar-refractivity contribution in [2.24, 2.45) is 11.8 Å². The van der Waals surface area contributed by atoms with Crippen LogP contribution in [0.25, 0.3) is 5.69 Å². The molecule has 2 fully saturated rings. The number of carbonyl (C=O) groups excluding carboxylic acids is 1. The molecule has 0 unspecified atom stereocenters. The van der Waals surface area contributed by atoms with E-state index in [1.165, 1.54) is 0 Å². The SMILES string of the molecule is COC[C@@H]1[C@H](NC(=O)c2ccccc2-n2cnnc2)[C@@H]2CCO[C@H]12. The number of amides is 1. The van der Waals surface area contributed by atoms with Gasteiger partial charge < -0.3 is 14.8 Å². The van der Waals surface area contributed by atoms with Gasteiger partial charge in [0.15, 0.2) is 0 Å². The Balaban J connectivity index is 1.55. The van der Waals surface area contributed by atoms with Crippen LogP contribution in [0.5, 0.6) is 0 Å². The zero-order chi connectivity index (χ0) is 16.5. The van der Waals surface area contributed by atoms with Crippen LogP contribution in [-0.2, 0) is 9.47 Å². The quantitative estimate of drug-likeness (QED) is 0.887. The van der Waals surface area contributed by atoms with Gasteiger partial charge in [-0.3, -0.25) is 9.36 Å². The summed E-state index contributed by atoms with van der Waals surface area (Å²) in [4.78, 5) is 12.9. The molecule has 0 bridgehead atoms. The summed E-state index contributed by atoms with van der Waals surface area (Å²) in [5.41, 5.74) is 1.37. The molecule has 4 rings (SSSR count). The van der Waals surface area contributed by atoms with Gasteiger partial charge in [-0.15, -0.1) is 10.2 Å².